The number of carboxylic acid groups (broad SMARTS) is 1. The van der Waals surface area contributed by atoms with Gasteiger partial charge in [-0.2, -0.15) is 0 Å². The number of rotatable bonds is 49. The number of likely N-dealkylation sites (tertiary alicyclic amines) is 3. The lowest BCUT2D eigenvalue weighted by Crippen LogP contribution is -2.69. The van der Waals surface area contributed by atoms with Gasteiger partial charge in [-0.3, -0.25) is 86.5 Å². The highest BCUT2D eigenvalue weighted by molar-refractivity contribution is 6.01. The SMILES string of the molecule is CC(=O)NC1C(O[C@@H]2O[C@@H](CO)[C@H](O)C(O)C2O)[C@@H](O)[C@H](CO[C@@H]2O[C@@H](CO)[C@@H](O)C(O)C2NC(C)=O)O[C@@H]1OC(C)C(NC(=O)C(CC(=O)O)NC(=O)C1CCCN1C(=O)C(C)NC(=O)C(CO)NC(=O)C(NC(=O)C(NC(=O)CNC(=O)C(N)Cc1cnc[nH]1)C(C)C)C(C)O)C(=O)NC(CCCN=C(N)N)C(=O)N1CCCC1C(=O)NC(C)C(=O)N1CCCC1C(=O)NCC(=O)NC(C)CO. The number of hydrogen-bond donors (Lipinski definition) is 29. The van der Waals surface area contributed by atoms with Crippen LogP contribution >= 0.6 is 0 Å². The van der Waals surface area contributed by atoms with Crippen LogP contribution in [-0.2, 0) is 116 Å². The number of imidazole rings is 1. The van der Waals surface area contributed by atoms with Gasteiger partial charge in [-0.15, -0.1) is 0 Å². The third-order valence-electron chi connectivity index (χ3n) is 23.8. The van der Waals surface area contributed by atoms with E-state index in [1.165, 1.54) is 45.1 Å². The Kier molecular flexibility index (Phi) is 44.5. The van der Waals surface area contributed by atoms with Crippen molar-refractivity contribution < 1.29 is 171 Å². The van der Waals surface area contributed by atoms with E-state index in [2.05, 4.69) is 84.1 Å². The molecule has 782 valence electrons. The fraction of sp³-hybridized carbons (Fsp3) is 0.744. The van der Waals surface area contributed by atoms with Gasteiger partial charge >= 0.3 is 5.97 Å². The van der Waals surface area contributed by atoms with Gasteiger partial charge in [0.05, 0.1) is 77.1 Å². The smallest absolute Gasteiger partial charge is 0.305 e. The van der Waals surface area contributed by atoms with Gasteiger partial charge in [0.2, 0.25) is 94.5 Å². The Labute approximate surface area is 796 Å². The summed E-state index contributed by atoms with van der Waals surface area (Å²) >= 11 is 0. The van der Waals surface area contributed by atoms with Crippen LogP contribution in [0, 0.1) is 5.92 Å². The number of aliphatic hydroxyl groups excluding tert-OH is 11. The third kappa shape index (κ3) is 32.1. The molecule has 139 heavy (non-hydrogen) atoms. The number of ether oxygens (including phenoxy) is 6. The normalized spacial score (nSPS) is 27.2. The summed E-state index contributed by atoms with van der Waals surface area (Å²) < 4.78 is 36.4. The van der Waals surface area contributed by atoms with Crippen molar-refractivity contribution in [2.45, 2.75) is 309 Å². The van der Waals surface area contributed by atoms with Gasteiger partial charge < -0.3 is 196 Å². The maximum absolute atomic E-state index is 15.8. The van der Waals surface area contributed by atoms with Crippen molar-refractivity contribution in [3.8, 4) is 0 Å². The van der Waals surface area contributed by atoms with Crippen LogP contribution in [0.5, 0.6) is 0 Å². The van der Waals surface area contributed by atoms with Crippen molar-refractivity contribution in [3.05, 3.63) is 18.2 Å². The molecule has 21 unspecified atom stereocenters. The van der Waals surface area contributed by atoms with E-state index in [-0.39, 0.29) is 77.7 Å². The number of aromatic nitrogens is 2. The average Bonchev–Trinajstić information content (AvgIpc) is 1.45. The van der Waals surface area contributed by atoms with Gasteiger partial charge in [0.1, 0.15) is 140 Å². The van der Waals surface area contributed by atoms with Gasteiger partial charge in [0.25, 0.3) is 0 Å². The second-order valence-corrected chi connectivity index (χ2v) is 35.1. The van der Waals surface area contributed by atoms with Gasteiger partial charge in [-0.25, -0.2) is 4.98 Å². The van der Waals surface area contributed by atoms with Crippen LogP contribution in [0.2, 0.25) is 0 Å². The van der Waals surface area contributed by atoms with Crippen LogP contribution in [0.4, 0.5) is 0 Å². The molecule has 6 saturated heterocycles. The molecule has 1 aromatic heterocycles. The zero-order valence-corrected chi connectivity index (χ0v) is 78.1. The molecule has 0 bridgehead atoms. The number of carbonyl (C=O) groups excluding carboxylic acids is 16. The van der Waals surface area contributed by atoms with Crippen molar-refractivity contribution in [3.63, 3.8) is 0 Å². The Morgan fingerprint density at radius 1 is 0.532 bits per heavy atom. The molecule has 30 atom stereocenters. The Hall–Kier alpha value is -11.2. The highest BCUT2D eigenvalue weighted by Gasteiger charge is 2.55. The molecule has 6 aliphatic heterocycles. The lowest BCUT2D eigenvalue weighted by Gasteiger charge is -2.48. The molecule has 0 spiro atoms. The molecule has 0 aliphatic carbocycles. The highest BCUT2D eigenvalue weighted by Crippen LogP contribution is 2.34. The number of aliphatic imine (C=N–C) groups is 1. The van der Waals surface area contributed by atoms with E-state index in [1.807, 2.05) is 0 Å². The molecule has 0 saturated carbocycles. The monoisotopic (exact) mass is 1990 g/mol. The first-order chi connectivity index (χ1) is 65.6. The number of nitrogens with zero attached hydrogens (tertiary/aromatic N) is 5. The predicted octanol–water partition coefficient (Wildman–Crippen LogP) is -16.4. The summed E-state index contributed by atoms with van der Waals surface area (Å²) in [5.74, 6) is -19.1. The largest absolute Gasteiger partial charge is 0.481 e. The summed E-state index contributed by atoms with van der Waals surface area (Å²) in [5.41, 5.74) is 17.8. The molecule has 1 aromatic rings. The standard InChI is InChI=1S/C82H134N22O35/c1-33(2)55(99-53(113)26-88-67(122)42(83)22-41-24-86-32-90-41)73(128)100-56(37(6)109)74(129)98-45(28-106)69(124)92-35(4)76(131)103-20-12-17-48(103)72(127)97-44(23-54(114)115)68(123)101-57(75(130)96-43(14-10-18-87-82(84)85)78(133)104-21-13-16-47(104)71(126)93-36(5)77(132)102-19-11-15-46(102)70(125)89-25-52(112)91-34(3)27-105)38(7)135-80-59(95-40(9)111)66(139-81-65(121)64(120)61(117)50(30-108)137-81)62(118)51(138-80)31-134-79-58(94-39(8)110)63(119)60(116)49(29-107)136-79/h24,32-38,42-51,55-66,79-81,105-109,116-121H,10-23,25-31,83H2,1-9H3,(H,86,90)(H,88,122)(H,89,125)(H,91,112)(H,92,124)(H,93,126)(H,94,110)(H,95,111)(H,96,130)(H,97,127)(H,98,129)(H,99,113)(H,100,128)(H,101,123)(H,114,115)(H4,84,85,87)/t34?,35?,36?,37?,38?,42?,43?,44?,45?,46?,47?,48?,49-,50-,51-,55?,56?,57?,58?,59?,60+,61-,62-,63?,64?,65?,66?,79+,80-,81-/m0/s1. The number of guanidine groups is 1. The first kappa shape index (κ1) is 115. The Morgan fingerprint density at radius 3 is 1.59 bits per heavy atom. The van der Waals surface area contributed by atoms with Crippen molar-refractivity contribution in [1.29, 1.82) is 0 Å². The number of carbonyl (C=O) groups is 17. The molecule has 6 fully saturated rings. The van der Waals surface area contributed by atoms with E-state index in [0.717, 1.165) is 44.4 Å². The number of aliphatic carboxylic acids is 1. The molecule has 0 aromatic carbocycles. The predicted molar refractivity (Wildman–Crippen MR) is 471 cm³/mol. The number of nitrogens with two attached hydrogens (primary N) is 3. The van der Waals surface area contributed by atoms with Crippen LogP contribution < -0.4 is 86.3 Å². The highest BCUT2D eigenvalue weighted by atomic mass is 16.7. The Morgan fingerprint density at radius 2 is 1.04 bits per heavy atom. The molecule has 7 rings (SSSR count). The van der Waals surface area contributed by atoms with Crippen LogP contribution in [0.1, 0.15) is 126 Å². The van der Waals surface area contributed by atoms with E-state index >= 15 is 14.4 Å². The van der Waals surface area contributed by atoms with Gasteiger partial charge in [-0.1, -0.05) is 13.8 Å². The van der Waals surface area contributed by atoms with E-state index < -0.39 is 347 Å². The number of H-pyrrole nitrogens is 1. The Balaban J connectivity index is 1.19. The first-order valence-electron chi connectivity index (χ1n) is 45.4. The summed E-state index contributed by atoms with van der Waals surface area (Å²) in [7, 11) is 0. The number of aliphatic hydroxyl groups is 11. The first-order valence-corrected chi connectivity index (χ1v) is 45.4. The van der Waals surface area contributed by atoms with Crippen molar-refractivity contribution in [2.75, 3.05) is 72.3 Å². The summed E-state index contributed by atoms with van der Waals surface area (Å²) in [6.07, 6.45) is -28.8. The van der Waals surface area contributed by atoms with Crippen LogP contribution in [0.15, 0.2) is 17.5 Å². The quantitative estimate of drug-likeness (QED) is 0.0164. The minimum Gasteiger partial charge on any atom is -0.481 e. The zero-order chi connectivity index (χ0) is 103. The van der Waals surface area contributed by atoms with Crippen LogP contribution in [0.3, 0.4) is 0 Å². The molecular weight excluding hydrogens is 1850 g/mol. The number of aromatic amines is 1. The molecule has 57 heteroatoms. The van der Waals surface area contributed by atoms with E-state index in [9.17, 15) is 128 Å². The molecule has 32 N–H and O–H groups in total. The van der Waals surface area contributed by atoms with Crippen LogP contribution in [0.25, 0.3) is 0 Å². The number of carboxylic acids is 1. The van der Waals surface area contributed by atoms with Gasteiger partial charge in [0, 0.05) is 64.4 Å². The van der Waals surface area contributed by atoms with E-state index in [1.54, 1.807) is 0 Å². The summed E-state index contributed by atoms with van der Waals surface area (Å²) in [4.78, 5) is 251. The number of nitrogens with one attached hydrogen (secondary N) is 14. The Bertz CT molecular complexity index is 4410. The second-order valence-electron chi connectivity index (χ2n) is 35.1. The van der Waals surface area contributed by atoms with Crippen molar-refractivity contribution in [2.24, 2.45) is 28.1 Å². The molecule has 7 heterocycles. The van der Waals surface area contributed by atoms with Gasteiger partial charge in [-0.05, 0) is 91.9 Å². The lowest BCUT2D eigenvalue weighted by molar-refractivity contribution is -0.352. The average molecular weight is 1990 g/mol. The van der Waals surface area contributed by atoms with Crippen LogP contribution in [-0.4, -0.2) is 447 Å². The van der Waals surface area contributed by atoms with E-state index in [4.69, 9.17) is 45.6 Å². The second kappa shape index (κ2) is 53.9. The number of hydrogen-bond acceptors (Lipinski definition) is 37. The minimum absolute atomic E-state index is 0.0235. The summed E-state index contributed by atoms with van der Waals surface area (Å²) in [6, 6.07) is -24.3. The fourth-order valence-electron chi connectivity index (χ4n) is 16.4. The van der Waals surface area contributed by atoms with Crippen molar-refractivity contribution in [1.82, 2.24) is 93.8 Å². The lowest BCUT2D eigenvalue weighted by atomic mass is 9.94. The summed E-state index contributed by atoms with van der Waals surface area (Å²) in [6.45, 7) is 4.68. The molecule has 0 radical (unpaired) electrons. The maximum atomic E-state index is 15.8. The minimum atomic E-state index is -2.39. The molecule has 57 nitrogen and oxygen atoms in total. The maximum Gasteiger partial charge on any atom is 0.305 e. The molecule has 16 amide bonds. The molecule has 6 aliphatic rings. The number of amides is 16. The van der Waals surface area contributed by atoms with Crippen molar-refractivity contribution >= 4 is 106 Å². The summed E-state index contributed by atoms with van der Waals surface area (Å²) in [5, 5.41) is 160. The fourth-order valence-corrected chi connectivity index (χ4v) is 16.4. The van der Waals surface area contributed by atoms with E-state index in [0.29, 0.717) is 12.1 Å². The van der Waals surface area contributed by atoms with Gasteiger partial charge in [0.15, 0.2) is 24.8 Å². The molecular formula is C82H134N22O35. The third-order valence-corrected chi connectivity index (χ3v) is 23.8. The zero-order valence-electron chi connectivity index (χ0n) is 78.1. The topological polar surface area (TPSA) is 874 Å².